The van der Waals surface area contributed by atoms with Crippen LogP contribution in [0.15, 0.2) is 9.72 Å². The molecule has 0 spiro atoms. The summed E-state index contributed by atoms with van der Waals surface area (Å²) in [5.74, 6) is -0.0718. The quantitative estimate of drug-likeness (QED) is 0.729. The maximum Gasteiger partial charge on any atom is 0.355 e. The van der Waals surface area contributed by atoms with Gasteiger partial charge in [0.15, 0.2) is 10.0 Å². The molecule has 1 atom stereocenters. The van der Waals surface area contributed by atoms with Gasteiger partial charge in [0.25, 0.3) is 0 Å². The number of carbonyl (C=O) groups excluding carboxylic acids is 1. The standard InChI is InChI=1S/C15H23N3O3S2/c1-15(2,3)16-8-10-4-5-12(19)18(10)6-7-22-14-17-11(9-23-14)13(20)21/h9-10,16H,4-8H2,1-3H3,(H,20,21)/t10-/m1/s1. The van der Waals surface area contributed by atoms with E-state index in [0.717, 1.165) is 23.1 Å². The topological polar surface area (TPSA) is 82.5 Å². The summed E-state index contributed by atoms with van der Waals surface area (Å²) >= 11 is 2.83. The van der Waals surface area contributed by atoms with E-state index >= 15 is 0 Å². The number of carboxylic acids is 1. The van der Waals surface area contributed by atoms with E-state index in [1.807, 2.05) is 4.90 Å². The number of nitrogens with zero attached hydrogens (tertiary/aromatic N) is 2. The summed E-state index contributed by atoms with van der Waals surface area (Å²) in [6.45, 7) is 7.83. The fraction of sp³-hybridized carbons (Fsp3) is 0.667. The van der Waals surface area contributed by atoms with Crippen molar-refractivity contribution in [3.8, 4) is 0 Å². The van der Waals surface area contributed by atoms with Crippen molar-refractivity contribution in [3.05, 3.63) is 11.1 Å². The fourth-order valence-corrected chi connectivity index (χ4v) is 4.20. The van der Waals surface area contributed by atoms with Crippen molar-refractivity contribution in [2.24, 2.45) is 0 Å². The molecule has 1 aromatic rings. The third-order valence-corrected chi connectivity index (χ3v) is 5.58. The van der Waals surface area contributed by atoms with Crippen molar-refractivity contribution < 1.29 is 14.7 Å². The Kier molecular flexibility index (Phi) is 6.05. The molecule has 1 saturated heterocycles. The van der Waals surface area contributed by atoms with Crippen LogP contribution in [0.5, 0.6) is 0 Å². The first-order chi connectivity index (χ1) is 10.8. The molecule has 0 bridgehead atoms. The molecule has 2 heterocycles. The monoisotopic (exact) mass is 357 g/mol. The molecule has 0 aromatic carbocycles. The molecule has 23 heavy (non-hydrogen) atoms. The normalized spacial score (nSPS) is 18.7. The van der Waals surface area contributed by atoms with Crippen LogP contribution in [-0.2, 0) is 4.79 Å². The van der Waals surface area contributed by atoms with Crippen LogP contribution in [-0.4, -0.2) is 57.3 Å². The molecule has 0 unspecified atom stereocenters. The summed E-state index contributed by atoms with van der Waals surface area (Å²) in [5.41, 5.74) is 0.127. The van der Waals surface area contributed by atoms with Gasteiger partial charge < -0.3 is 15.3 Å². The van der Waals surface area contributed by atoms with Gasteiger partial charge in [0.2, 0.25) is 5.91 Å². The lowest BCUT2D eigenvalue weighted by Gasteiger charge is -2.29. The van der Waals surface area contributed by atoms with E-state index < -0.39 is 5.97 Å². The molecule has 2 N–H and O–H groups in total. The number of carbonyl (C=O) groups is 2. The van der Waals surface area contributed by atoms with E-state index in [-0.39, 0.29) is 23.2 Å². The minimum atomic E-state index is -1.00. The number of rotatable bonds is 7. The van der Waals surface area contributed by atoms with Gasteiger partial charge in [-0.05, 0) is 27.2 Å². The maximum atomic E-state index is 12.0. The Hall–Kier alpha value is -1.12. The molecular weight excluding hydrogens is 334 g/mol. The van der Waals surface area contributed by atoms with Crippen LogP contribution in [0.1, 0.15) is 44.1 Å². The van der Waals surface area contributed by atoms with Crippen LogP contribution >= 0.6 is 23.1 Å². The van der Waals surface area contributed by atoms with Gasteiger partial charge in [0.05, 0.1) is 0 Å². The number of amides is 1. The summed E-state index contributed by atoms with van der Waals surface area (Å²) in [6, 6.07) is 0.244. The Morgan fingerprint density at radius 1 is 1.57 bits per heavy atom. The van der Waals surface area contributed by atoms with Crippen molar-refractivity contribution in [3.63, 3.8) is 0 Å². The van der Waals surface area contributed by atoms with Gasteiger partial charge >= 0.3 is 5.97 Å². The minimum absolute atomic E-state index is 0.0418. The van der Waals surface area contributed by atoms with Crippen molar-refractivity contribution in [1.29, 1.82) is 0 Å². The molecule has 8 heteroatoms. The molecule has 0 aliphatic carbocycles. The molecule has 0 radical (unpaired) electrons. The third-order valence-electron chi connectivity index (χ3n) is 3.58. The minimum Gasteiger partial charge on any atom is -0.476 e. The number of thioether (sulfide) groups is 1. The number of nitrogens with one attached hydrogen (secondary N) is 1. The highest BCUT2D eigenvalue weighted by Gasteiger charge is 2.31. The Morgan fingerprint density at radius 2 is 2.30 bits per heavy atom. The highest BCUT2D eigenvalue weighted by Crippen LogP contribution is 2.25. The Bertz CT molecular complexity index is 569. The van der Waals surface area contributed by atoms with Crippen LogP contribution in [0, 0.1) is 0 Å². The van der Waals surface area contributed by atoms with E-state index in [1.54, 1.807) is 5.38 Å². The molecule has 1 aliphatic rings. The molecule has 1 aromatic heterocycles. The zero-order valence-electron chi connectivity index (χ0n) is 13.7. The first kappa shape index (κ1) is 18.2. The SMILES string of the molecule is CC(C)(C)NC[C@H]1CCC(=O)N1CCSc1nc(C(=O)O)cs1. The lowest BCUT2D eigenvalue weighted by atomic mass is 10.1. The van der Waals surface area contributed by atoms with E-state index in [0.29, 0.717) is 13.0 Å². The van der Waals surface area contributed by atoms with Crippen molar-refractivity contribution in [1.82, 2.24) is 15.2 Å². The highest BCUT2D eigenvalue weighted by atomic mass is 32.2. The van der Waals surface area contributed by atoms with Gasteiger partial charge in [-0.15, -0.1) is 11.3 Å². The number of likely N-dealkylation sites (tertiary alicyclic amines) is 1. The van der Waals surface area contributed by atoms with E-state index in [9.17, 15) is 9.59 Å². The summed E-state index contributed by atoms with van der Waals surface area (Å²) < 4.78 is 0.735. The maximum absolute atomic E-state index is 12.0. The van der Waals surface area contributed by atoms with Gasteiger partial charge in [-0.1, -0.05) is 11.8 Å². The van der Waals surface area contributed by atoms with Crippen molar-refractivity contribution >= 4 is 35.0 Å². The summed E-state index contributed by atoms with van der Waals surface area (Å²) in [7, 11) is 0. The molecule has 128 valence electrons. The van der Waals surface area contributed by atoms with Gasteiger partial charge in [-0.25, -0.2) is 9.78 Å². The summed E-state index contributed by atoms with van der Waals surface area (Å²) in [6.07, 6.45) is 1.51. The van der Waals surface area contributed by atoms with Crippen LogP contribution in [0.2, 0.25) is 0 Å². The summed E-state index contributed by atoms with van der Waals surface area (Å²) in [4.78, 5) is 28.8. The lowest BCUT2D eigenvalue weighted by molar-refractivity contribution is -0.128. The van der Waals surface area contributed by atoms with Gasteiger partial charge in [-0.2, -0.15) is 0 Å². The predicted octanol–water partition coefficient (Wildman–Crippen LogP) is 2.31. The number of hydrogen-bond acceptors (Lipinski definition) is 6. The second kappa shape index (κ2) is 7.63. The largest absolute Gasteiger partial charge is 0.476 e. The number of thiazole rings is 1. The first-order valence-corrected chi connectivity index (χ1v) is 9.49. The van der Waals surface area contributed by atoms with Gasteiger partial charge in [-0.3, -0.25) is 4.79 Å². The number of hydrogen-bond donors (Lipinski definition) is 2. The number of carboxylic acid groups (broad SMARTS) is 1. The second-order valence-corrected chi connectivity index (χ2v) is 8.76. The van der Waals surface area contributed by atoms with Crippen LogP contribution in [0.3, 0.4) is 0 Å². The zero-order valence-corrected chi connectivity index (χ0v) is 15.3. The van der Waals surface area contributed by atoms with Crippen molar-refractivity contribution in [2.75, 3.05) is 18.8 Å². The van der Waals surface area contributed by atoms with E-state index in [2.05, 4.69) is 31.1 Å². The predicted molar refractivity (Wildman–Crippen MR) is 92.3 cm³/mol. The van der Waals surface area contributed by atoms with Crippen molar-refractivity contribution in [2.45, 2.75) is 49.5 Å². The summed E-state index contributed by atoms with van der Waals surface area (Å²) in [5, 5.41) is 13.9. The average molecular weight is 358 g/mol. The average Bonchev–Trinajstić information content (AvgIpc) is 3.04. The van der Waals surface area contributed by atoms with Crippen LogP contribution < -0.4 is 5.32 Å². The lowest BCUT2D eigenvalue weighted by Crippen LogP contribution is -2.46. The third kappa shape index (κ3) is 5.47. The van der Waals surface area contributed by atoms with Crippen LogP contribution in [0.4, 0.5) is 0 Å². The Morgan fingerprint density at radius 3 is 2.91 bits per heavy atom. The first-order valence-electron chi connectivity index (χ1n) is 7.62. The molecule has 1 amide bonds. The second-order valence-electron chi connectivity index (χ2n) is 6.56. The van der Waals surface area contributed by atoms with Gasteiger partial charge in [0, 0.05) is 42.2 Å². The molecule has 1 aliphatic heterocycles. The Labute approximate surface area is 144 Å². The smallest absolute Gasteiger partial charge is 0.355 e. The molecular formula is C15H23N3O3S2. The zero-order chi connectivity index (χ0) is 17.0. The highest BCUT2D eigenvalue weighted by molar-refractivity contribution is 8.01. The Balaban J connectivity index is 1.82. The molecule has 0 saturated carbocycles. The van der Waals surface area contributed by atoms with Gasteiger partial charge in [0.1, 0.15) is 0 Å². The number of aromatic carboxylic acids is 1. The molecule has 6 nitrogen and oxygen atoms in total. The van der Waals surface area contributed by atoms with E-state index in [4.69, 9.17) is 5.11 Å². The number of aromatic nitrogens is 1. The molecule has 1 fully saturated rings. The molecule has 2 rings (SSSR count). The van der Waals surface area contributed by atoms with Crippen LogP contribution in [0.25, 0.3) is 0 Å². The van der Waals surface area contributed by atoms with E-state index in [1.165, 1.54) is 23.1 Å². The fourth-order valence-electron chi connectivity index (χ4n) is 2.39.